The summed E-state index contributed by atoms with van der Waals surface area (Å²) in [4.78, 5) is 14.2. The van der Waals surface area contributed by atoms with Crippen molar-refractivity contribution in [2.45, 2.75) is 82.7 Å². The molecule has 0 saturated carbocycles. The third-order valence-electron chi connectivity index (χ3n) is 4.35. The van der Waals surface area contributed by atoms with E-state index in [1.54, 1.807) is 0 Å². The molecule has 2 rings (SSSR count). The predicted molar refractivity (Wildman–Crippen MR) is 93.5 cm³/mol. The van der Waals surface area contributed by atoms with Gasteiger partial charge in [-0.25, -0.2) is 4.79 Å². The van der Waals surface area contributed by atoms with E-state index in [0.29, 0.717) is 12.1 Å². The Morgan fingerprint density at radius 3 is 2.77 bits per heavy atom. The molecule has 3 atom stereocenters. The molecule has 0 spiro atoms. The van der Waals surface area contributed by atoms with Crippen molar-refractivity contribution in [1.29, 1.82) is 0 Å². The highest BCUT2D eigenvalue weighted by atomic mass is 32.2. The smallest absolute Gasteiger partial charge is 0.410 e. The van der Waals surface area contributed by atoms with Gasteiger partial charge in [-0.15, -0.1) is 0 Å². The predicted octanol–water partition coefficient (Wildman–Crippen LogP) is 3.65. The lowest BCUT2D eigenvalue weighted by atomic mass is 10.1. The minimum Gasteiger partial charge on any atom is -0.444 e. The van der Waals surface area contributed by atoms with Crippen LogP contribution >= 0.6 is 11.8 Å². The van der Waals surface area contributed by atoms with Crippen molar-refractivity contribution in [3.8, 4) is 0 Å². The summed E-state index contributed by atoms with van der Waals surface area (Å²) in [7, 11) is 0. The minimum atomic E-state index is -0.409. The molecule has 1 amide bonds. The molecule has 4 nitrogen and oxygen atoms in total. The third-order valence-corrected chi connectivity index (χ3v) is 5.75. The monoisotopic (exact) mass is 328 g/mol. The quantitative estimate of drug-likeness (QED) is 0.836. The van der Waals surface area contributed by atoms with E-state index in [9.17, 15) is 4.79 Å². The Hall–Kier alpha value is -0.420. The first-order chi connectivity index (χ1) is 10.3. The Kier molecular flexibility index (Phi) is 6.45. The second kappa shape index (κ2) is 7.91. The highest BCUT2D eigenvalue weighted by Gasteiger charge is 2.32. The number of hydrogen-bond donors (Lipinski definition) is 1. The molecule has 0 bridgehead atoms. The van der Waals surface area contributed by atoms with Crippen LogP contribution in [0.3, 0.4) is 0 Å². The van der Waals surface area contributed by atoms with Crippen LogP contribution in [0.1, 0.15) is 59.8 Å². The first kappa shape index (κ1) is 17.9. The maximum absolute atomic E-state index is 12.3. The summed E-state index contributed by atoms with van der Waals surface area (Å²) >= 11 is 2.09. The van der Waals surface area contributed by atoms with Gasteiger partial charge in [-0.2, -0.15) is 11.8 Å². The van der Waals surface area contributed by atoms with Gasteiger partial charge in [-0.1, -0.05) is 0 Å². The Morgan fingerprint density at radius 2 is 2.14 bits per heavy atom. The maximum atomic E-state index is 12.3. The molecule has 128 valence electrons. The van der Waals surface area contributed by atoms with Gasteiger partial charge in [0, 0.05) is 30.4 Å². The molecule has 0 aromatic rings. The summed E-state index contributed by atoms with van der Waals surface area (Å²) in [5, 5.41) is 4.44. The minimum absolute atomic E-state index is 0.145. The highest BCUT2D eigenvalue weighted by Crippen LogP contribution is 2.26. The molecule has 0 aromatic carbocycles. The molecule has 2 saturated heterocycles. The summed E-state index contributed by atoms with van der Waals surface area (Å²) in [6.45, 7) is 9.97. The van der Waals surface area contributed by atoms with E-state index >= 15 is 0 Å². The van der Waals surface area contributed by atoms with Crippen molar-refractivity contribution in [2.75, 3.05) is 18.8 Å². The van der Waals surface area contributed by atoms with Gasteiger partial charge in [-0.3, -0.25) is 0 Å². The third kappa shape index (κ3) is 5.65. The number of carbonyl (C=O) groups excluding carboxylic acids is 1. The second-order valence-corrected chi connectivity index (χ2v) is 9.06. The van der Waals surface area contributed by atoms with Crippen LogP contribution < -0.4 is 5.32 Å². The average molecular weight is 329 g/mol. The van der Waals surface area contributed by atoms with E-state index in [-0.39, 0.29) is 6.09 Å². The van der Waals surface area contributed by atoms with Crippen LogP contribution in [-0.2, 0) is 4.74 Å². The van der Waals surface area contributed by atoms with Crippen molar-refractivity contribution < 1.29 is 9.53 Å². The fraction of sp³-hybridized carbons (Fsp3) is 0.941. The Labute approximate surface area is 139 Å². The Balaban J connectivity index is 1.76. The number of rotatable bonds is 5. The molecule has 2 aliphatic heterocycles. The first-order valence-corrected chi connectivity index (χ1v) is 9.74. The number of likely N-dealkylation sites (tertiary alicyclic amines) is 1. The zero-order valence-corrected chi connectivity index (χ0v) is 15.4. The molecule has 5 heteroatoms. The molecule has 0 aromatic heterocycles. The average Bonchev–Trinajstić information content (AvgIpc) is 3.05. The van der Waals surface area contributed by atoms with Crippen LogP contribution in [0.15, 0.2) is 0 Å². The fourth-order valence-corrected chi connectivity index (χ4v) is 4.49. The van der Waals surface area contributed by atoms with E-state index in [0.717, 1.165) is 37.6 Å². The molecular weight excluding hydrogens is 296 g/mol. The van der Waals surface area contributed by atoms with Crippen molar-refractivity contribution >= 4 is 17.9 Å². The van der Waals surface area contributed by atoms with Gasteiger partial charge in [0.15, 0.2) is 0 Å². The zero-order valence-electron chi connectivity index (χ0n) is 14.6. The first-order valence-electron chi connectivity index (χ1n) is 8.70. The van der Waals surface area contributed by atoms with Gasteiger partial charge in [0.25, 0.3) is 0 Å². The largest absolute Gasteiger partial charge is 0.444 e. The molecule has 0 radical (unpaired) electrons. The van der Waals surface area contributed by atoms with E-state index in [4.69, 9.17) is 4.74 Å². The lowest BCUT2D eigenvalue weighted by Gasteiger charge is -2.30. The van der Waals surface area contributed by atoms with Crippen LogP contribution in [0, 0.1) is 0 Å². The number of amides is 1. The van der Waals surface area contributed by atoms with Crippen LogP contribution in [0.4, 0.5) is 4.79 Å². The number of hydrogen-bond acceptors (Lipinski definition) is 4. The molecule has 22 heavy (non-hydrogen) atoms. The number of ether oxygens (including phenoxy) is 1. The summed E-state index contributed by atoms with van der Waals surface area (Å²) in [5.41, 5.74) is -0.409. The number of thioether (sulfide) groups is 1. The number of carbonyl (C=O) groups is 1. The molecule has 2 fully saturated rings. The van der Waals surface area contributed by atoms with Gasteiger partial charge in [-0.05, 0) is 65.6 Å². The molecule has 1 N–H and O–H groups in total. The maximum Gasteiger partial charge on any atom is 0.410 e. The topological polar surface area (TPSA) is 41.6 Å². The Bertz CT molecular complexity index is 364. The second-order valence-electron chi connectivity index (χ2n) is 7.65. The summed E-state index contributed by atoms with van der Waals surface area (Å²) in [5.74, 6) is 1.32. The number of nitrogens with zero attached hydrogens (tertiary/aromatic N) is 1. The van der Waals surface area contributed by atoms with Gasteiger partial charge < -0.3 is 15.0 Å². The lowest BCUT2D eigenvalue weighted by molar-refractivity contribution is 0.0215. The van der Waals surface area contributed by atoms with Crippen LogP contribution in [0.5, 0.6) is 0 Å². The van der Waals surface area contributed by atoms with Crippen molar-refractivity contribution in [1.82, 2.24) is 10.2 Å². The molecule has 2 aliphatic rings. The van der Waals surface area contributed by atoms with Crippen LogP contribution in [0.25, 0.3) is 0 Å². The summed E-state index contributed by atoms with van der Waals surface area (Å²) in [6.07, 6.45) is 5.78. The van der Waals surface area contributed by atoms with Crippen LogP contribution in [-0.4, -0.2) is 52.8 Å². The van der Waals surface area contributed by atoms with Gasteiger partial charge in [0.1, 0.15) is 5.60 Å². The standard InChI is InChI=1S/C17H32N2O2S/c1-13(18-12-15-8-6-10-22-15)11-14-7-5-9-19(14)16(20)21-17(2,3)4/h13-15,18H,5-12H2,1-4H3. The Morgan fingerprint density at radius 1 is 1.36 bits per heavy atom. The summed E-state index contributed by atoms with van der Waals surface area (Å²) < 4.78 is 5.54. The molecular formula is C17H32N2O2S. The normalized spacial score (nSPS) is 27.2. The van der Waals surface area contributed by atoms with Gasteiger partial charge in [0.2, 0.25) is 0 Å². The fourth-order valence-electron chi connectivity index (χ4n) is 3.27. The van der Waals surface area contributed by atoms with Crippen molar-refractivity contribution in [3.63, 3.8) is 0 Å². The highest BCUT2D eigenvalue weighted by molar-refractivity contribution is 8.00. The lowest BCUT2D eigenvalue weighted by Crippen LogP contribution is -2.43. The molecule has 0 aliphatic carbocycles. The molecule has 3 unspecified atom stereocenters. The van der Waals surface area contributed by atoms with Crippen molar-refractivity contribution in [2.24, 2.45) is 0 Å². The number of nitrogens with one attached hydrogen (secondary N) is 1. The van der Waals surface area contributed by atoms with E-state index in [2.05, 4.69) is 24.0 Å². The van der Waals surface area contributed by atoms with Crippen LogP contribution in [0.2, 0.25) is 0 Å². The van der Waals surface area contributed by atoms with Gasteiger partial charge >= 0.3 is 6.09 Å². The van der Waals surface area contributed by atoms with E-state index in [1.165, 1.54) is 18.6 Å². The summed E-state index contributed by atoms with van der Waals surface area (Å²) in [6, 6.07) is 0.780. The molecule has 2 heterocycles. The van der Waals surface area contributed by atoms with E-state index in [1.807, 2.05) is 25.7 Å². The van der Waals surface area contributed by atoms with E-state index < -0.39 is 5.60 Å². The van der Waals surface area contributed by atoms with Gasteiger partial charge in [0.05, 0.1) is 0 Å². The SMILES string of the molecule is CC(CC1CCCN1C(=O)OC(C)(C)C)NCC1CCCS1. The van der Waals surface area contributed by atoms with Crippen molar-refractivity contribution in [3.05, 3.63) is 0 Å². The zero-order chi connectivity index (χ0) is 16.2.